The van der Waals surface area contributed by atoms with Crippen LogP contribution in [0.2, 0.25) is 0 Å². The number of anilines is 2. The maximum atomic E-state index is 13.3. The SMILES string of the molecule is O=C(Nc1ccc(S(=O)(=O)Nc2ncccn2)cc1)C(F)(F)C(F)(F)C(F)(F)F. The lowest BCUT2D eigenvalue weighted by molar-refractivity contribution is -0.343. The number of nitrogens with zero attached hydrogens (tertiary/aromatic N) is 2. The minimum Gasteiger partial charge on any atom is -0.321 e. The van der Waals surface area contributed by atoms with Crippen molar-refractivity contribution < 1.29 is 43.9 Å². The summed E-state index contributed by atoms with van der Waals surface area (Å²) in [6, 6.07) is 4.38. The van der Waals surface area contributed by atoms with E-state index in [1.807, 2.05) is 4.72 Å². The van der Waals surface area contributed by atoms with Crippen LogP contribution in [0.15, 0.2) is 47.6 Å². The quantitative estimate of drug-likeness (QED) is 0.665. The van der Waals surface area contributed by atoms with Crippen LogP contribution < -0.4 is 10.0 Å². The molecule has 7 nitrogen and oxygen atoms in total. The van der Waals surface area contributed by atoms with Crippen LogP contribution in [-0.4, -0.2) is 42.3 Å². The van der Waals surface area contributed by atoms with Crippen LogP contribution >= 0.6 is 0 Å². The Bertz CT molecular complexity index is 981. The maximum absolute atomic E-state index is 13.3. The number of hydrogen-bond donors (Lipinski definition) is 2. The molecule has 1 aromatic heterocycles. The summed E-state index contributed by atoms with van der Waals surface area (Å²) in [5, 5.41) is 1.18. The van der Waals surface area contributed by atoms with Crippen LogP contribution in [0, 0.1) is 0 Å². The van der Waals surface area contributed by atoms with Crippen molar-refractivity contribution in [3.63, 3.8) is 0 Å². The third-order valence-corrected chi connectivity index (χ3v) is 4.59. The molecule has 0 radical (unpaired) electrons. The van der Waals surface area contributed by atoms with Gasteiger partial charge in [-0.15, -0.1) is 0 Å². The van der Waals surface area contributed by atoms with Gasteiger partial charge in [0.2, 0.25) is 5.95 Å². The second kappa shape index (κ2) is 7.46. The van der Waals surface area contributed by atoms with Gasteiger partial charge in [0.05, 0.1) is 4.90 Å². The van der Waals surface area contributed by atoms with Crippen LogP contribution in [0.5, 0.6) is 0 Å². The number of halogens is 7. The van der Waals surface area contributed by atoms with Gasteiger partial charge in [0.1, 0.15) is 0 Å². The van der Waals surface area contributed by atoms with Crippen molar-refractivity contribution in [3.8, 4) is 0 Å². The lowest BCUT2D eigenvalue weighted by Gasteiger charge is -2.27. The van der Waals surface area contributed by atoms with Crippen molar-refractivity contribution in [1.82, 2.24) is 9.97 Å². The average molecular weight is 446 g/mol. The van der Waals surface area contributed by atoms with Gasteiger partial charge in [-0.3, -0.25) is 4.79 Å². The third kappa shape index (κ3) is 4.55. The average Bonchev–Trinajstić information content (AvgIpc) is 2.61. The molecule has 0 saturated carbocycles. The van der Waals surface area contributed by atoms with E-state index in [0.29, 0.717) is 12.1 Å². The van der Waals surface area contributed by atoms with Crippen LogP contribution in [0.3, 0.4) is 0 Å². The molecule has 0 spiro atoms. The second-order valence-electron chi connectivity index (χ2n) is 5.30. The van der Waals surface area contributed by atoms with E-state index in [9.17, 15) is 43.9 Å². The summed E-state index contributed by atoms with van der Waals surface area (Å²) >= 11 is 0. The topological polar surface area (TPSA) is 101 Å². The largest absolute Gasteiger partial charge is 0.460 e. The lowest BCUT2D eigenvalue weighted by Crippen LogP contribution is -2.57. The van der Waals surface area contributed by atoms with Crippen molar-refractivity contribution in [2.75, 3.05) is 10.0 Å². The Morgan fingerprint density at radius 3 is 1.90 bits per heavy atom. The number of carbonyl (C=O) groups is 1. The molecule has 0 aliphatic rings. The highest BCUT2D eigenvalue weighted by Crippen LogP contribution is 2.46. The number of sulfonamides is 1. The van der Waals surface area contributed by atoms with Gasteiger partial charge < -0.3 is 5.32 Å². The molecule has 2 aromatic rings. The van der Waals surface area contributed by atoms with E-state index in [1.54, 1.807) is 0 Å². The van der Waals surface area contributed by atoms with Crippen molar-refractivity contribution in [2.24, 2.45) is 0 Å². The zero-order valence-electron chi connectivity index (χ0n) is 13.7. The van der Waals surface area contributed by atoms with Gasteiger partial charge in [0, 0.05) is 18.1 Å². The first kappa shape index (κ1) is 22.3. The molecular formula is C14H9F7N4O3S. The number of benzene rings is 1. The minimum absolute atomic E-state index is 0.293. The van der Waals surface area contributed by atoms with E-state index < -0.39 is 44.5 Å². The van der Waals surface area contributed by atoms with Crippen molar-refractivity contribution >= 4 is 27.6 Å². The predicted molar refractivity (Wildman–Crippen MR) is 83.9 cm³/mol. The molecule has 158 valence electrons. The summed E-state index contributed by atoms with van der Waals surface area (Å²) in [7, 11) is -4.23. The highest BCUT2D eigenvalue weighted by Gasteiger charge is 2.76. The second-order valence-corrected chi connectivity index (χ2v) is 6.99. The Morgan fingerprint density at radius 1 is 0.897 bits per heavy atom. The molecule has 0 fully saturated rings. The van der Waals surface area contributed by atoms with Gasteiger partial charge >= 0.3 is 23.9 Å². The standard InChI is InChI=1S/C14H9F7N4O3S/c15-12(16,13(17,18)14(19,20)21)10(26)24-8-2-4-9(5-3-8)29(27,28)25-11-22-6-1-7-23-11/h1-7H,(H,24,26)(H,22,23,25). The van der Waals surface area contributed by atoms with E-state index in [4.69, 9.17) is 0 Å². The molecule has 29 heavy (non-hydrogen) atoms. The molecule has 1 aromatic carbocycles. The molecular weight excluding hydrogens is 437 g/mol. The number of alkyl halides is 7. The highest BCUT2D eigenvalue weighted by molar-refractivity contribution is 7.92. The van der Waals surface area contributed by atoms with Crippen LogP contribution in [0.4, 0.5) is 42.4 Å². The Labute approximate surface area is 158 Å². The predicted octanol–water partition coefficient (Wildman–Crippen LogP) is 3.05. The van der Waals surface area contributed by atoms with Gasteiger partial charge in [-0.25, -0.2) is 23.1 Å². The summed E-state index contributed by atoms with van der Waals surface area (Å²) in [5.74, 6) is -15.9. The molecule has 2 rings (SSSR count). The third-order valence-electron chi connectivity index (χ3n) is 3.25. The Kier molecular flexibility index (Phi) is 5.74. The van der Waals surface area contributed by atoms with E-state index in [1.165, 1.54) is 23.8 Å². The van der Waals surface area contributed by atoms with Gasteiger partial charge in [-0.1, -0.05) is 0 Å². The number of hydrogen-bond acceptors (Lipinski definition) is 5. The monoisotopic (exact) mass is 446 g/mol. The first-order valence-corrected chi connectivity index (χ1v) is 8.70. The number of amides is 1. The van der Waals surface area contributed by atoms with Crippen molar-refractivity contribution in [1.29, 1.82) is 0 Å². The summed E-state index contributed by atoms with van der Waals surface area (Å²) in [6.07, 6.45) is -4.20. The summed E-state index contributed by atoms with van der Waals surface area (Å²) in [4.78, 5) is 18.0. The van der Waals surface area contributed by atoms with E-state index in [2.05, 4.69) is 9.97 Å². The molecule has 0 atom stereocenters. The van der Waals surface area contributed by atoms with E-state index in [-0.39, 0.29) is 5.95 Å². The lowest BCUT2D eigenvalue weighted by atomic mass is 10.1. The van der Waals surface area contributed by atoms with Gasteiger partial charge in [-0.05, 0) is 30.3 Å². The molecule has 0 aliphatic heterocycles. The summed E-state index contributed by atoms with van der Waals surface area (Å²) in [6.45, 7) is 0. The molecule has 0 aliphatic carbocycles. The molecule has 15 heteroatoms. The number of carbonyl (C=O) groups excluding carboxylic acids is 1. The van der Waals surface area contributed by atoms with Crippen LogP contribution in [-0.2, 0) is 14.8 Å². The first-order valence-electron chi connectivity index (χ1n) is 7.22. The molecule has 1 amide bonds. The maximum Gasteiger partial charge on any atom is 0.460 e. The van der Waals surface area contributed by atoms with Crippen LogP contribution in [0.1, 0.15) is 0 Å². The molecule has 1 heterocycles. The van der Waals surface area contributed by atoms with Crippen molar-refractivity contribution in [3.05, 3.63) is 42.7 Å². The zero-order chi connectivity index (χ0) is 22.1. The normalized spacial score (nSPS) is 13.1. The Morgan fingerprint density at radius 2 is 1.41 bits per heavy atom. The van der Waals surface area contributed by atoms with Gasteiger partial charge in [-0.2, -0.15) is 30.7 Å². The summed E-state index contributed by atoms with van der Waals surface area (Å²) < 4.78 is 115. The molecule has 0 bridgehead atoms. The fraction of sp³-hybridized carbons (Fsp3) is 0.214. The molecule has 0 saturated heterocycles. The van der Waals surface area contributed by atoms with Crippen molar-refractivity contribution in [2.45, 2.75) is 22.9 Å². The van der Waals surface area contributed by atoms with Crippen LogP contribution in [0.25, 0.3) is 0 Å². The number of aromatic nitrogens is 2. The fourth-order valence-corrected chi connectivity index (χ4v) is 2.74. The molecule has 0 unspecified atom stereocenters. The smallest absolute Gasteiger partial charge is 0.321 e. The first-order chi connectivity index (χ1) is 13.2. The highest BCUT2D eigenvalue weighted by atomic mass is 32.2. The minimum atomic E-state index is -6.67. The van der Waals surface area contributed by atoms with Gasteiger partial charge in [0.15, 0.2) is 0 Å². The Balaban J connectivity index is 2.17. The zero-order valence-corrected chi connectivity index (χ0v) is 14.5. The van der Waals surface area contributed by atoms with E-state index >= 15 is 0 Å². The fourth-order valence-electron chi connectivity index (χ4n) is 1.78. The summed E-state index contributed by atoms with van der Waals surface area (Å²) in [5.41, 5.74) is -0.650. The van der Waals surface area contributed by atoms with E-state index in [0.717, 1.165) is 12.1 Å². The van der Waals surface area contributed by atoms with Gasteiger partial charge in [0.25, 0.3) is 10.0 Å². The Hall–Kier alpha value is -2.97. The number of rotatable bonds is 6. The molecule has 2 N–H and O–H groups in total. The number of nitrogens with one attached hydrogen (secondary N) is 2.